The van der Waals surface area contributed by atoms with Gasteiger partial charge in [-0.05, 0) is 35.4 Å². The molecule has 2 aromatic rings. The van der Waals surface area contributed by atoms with Crippen LogP contribution in [0.25, 0.3) is 11.1 Å². The molecule has 0 spiro atoms. The predicted molar refractivity (Wildman–Crippen MR) is 97.4 cm³/mol. The van der Waals surface area contributed by atoms with Crippen LogP contribution in [0.15, 0.2) is 54.7 Å². The number of rotatable bonds is 2. The lowest BCUT2D eigenvalue weighted by molar-refractivity contribution is 0.637. The number of hydrogen-bond donors (Lipinski definition) is 1. The summed E-state index contributed by atoms with van der Waals surface area (Å²) in [6.07, 6.45) is 6.76. The van der Waals surface area contributed by atoms with Gasteiger partial charge in [-0.25, -0.2) is 0 Å². The van der Waals surface area contributed by atoms with Gasteiger partial charge in [-0.1, -0.05) is 52.0 Å². The van der Waals surface area contributed by atoms with Crippen LogP contribution in [-0.4, -0.2) is 4.57 Å². The molecule has 0 unspecified atom stereocenters. The third-order valence-corrected chi connectivity index (χ3v) is 3.76. The number of nitrogens with two attached hydrogens (primary N) is 1. The first-order valence-electron chi connectivity index (χ1n) is 7.90. The molecular weight excluding hydrogens is 268 g/mol. The highest BCUT2D eigenvalue weighted by molar-refractivity contribution is 6.07. The summed E-state index contributed by atoms with van der Waals surface area (Å²) in [6.45, 7) is 8.47. The molecule has 116 valence electrons. The molecular formula is C20H26N2. The third kappa shape index (κ3) is 3.16. The zero-order valence-corrected chi connectivity index (χ0v) is 14.2. The fraction of sp³-hybridized carbons (Fsp3) is 0.300. The van der Waals surface area contributed by atoms with Gasteiger partial charge >= 0.3 is 0 Å². The number of aromatic nitrogens is 1. The first kappa shape index (κ1) is 16.2. The minimum atomic E-state index is 0.0797. The summed E-state index contributed by atoms with van der Waals surface area (Å²) < 4.78 is 2.17. The van der Waals surface area contributed by atoms with Crippen molar-refractivity contribution < 1.29 is 0 Å². The highest BCUT2D eigenvalue weighted by Crippen LogP contribution is 2.43. The molecule has 2 N–H and O–H groups in total. The molecule has 0 radical (unpaired) electrons. The van der Waals surface area contributed by atoms with Gasteiger partial charge < -0.3 is 10.3 Å². The van der Waals surface area contributed by atoms with Crippen molar-refractivity contribution in [2.45, 2.75) is 27.7 Å². The van der Waals surface area contributed by atoms with Gasteiger partial charge in [0.2, 0.25) is 0 Å². The highest BCUT2D eigenvalue weighted by atomic mass is 14.9. The van der Waals surface area contributed by atoms with Gasteiger partial charge in [0, 0.05) is 35.6 Å². The van der Waals surface area contributed by atoms with Crippen LogP contribution < -0.4 is 5.73 Å². The molecule has 1 aromatic carbocycles. The molecule has 0 amide bonds. The van der Waals surface area contributed by atoms with E-state index in [9.17, 15) is 0 Å². The largest absolute Gasteiger partial charge is 0.399 e. The number of benzene rings is 1. The van der Waals surface area contributed by atoms with Crippen molar-refractivity contribution in [2.24, 2.45) is 12.5 Å². The first-order chi connectivity index (χ1) is 10.5. The SMILES string of the molecule is CC.Cn1cccc1C1=CC(C)(C)C=C1c1ccc(N)cc1. The lowest BCUT2D eigenvalue weighted by Crippen LogP contribution is -1.98. The fourth-order valence-electron chi connectivity index (χ4n) is 2.80. The molecule has 0 fully saturated rings. The standard InChI is InChI=1S/C18H20N2.C2H6/c1-18(2)11-15(13-6-8-14(19)9-7-13)16(12-18)17-5-4-10-20(17)3;1-2/h4-12H,19H2,1-3H3;1-2H3. The Hall–Kier alpha value is -2.22. The number of hydrogen-bond acceptors (Lipinski definition) is 1. The second-order valence-electron chi connectivity index (χ2n) is 6.06. The van der Waals surface area contributed by atoms with Gasteiger partial charge in [-0.3, -0.25) is 0 Å². The molecule has 2 nitrogen and oxygen atoms in total. The molecule has 1 aliphatic carbocycles. The second-order valence-corrected chi connectivity index (χ2v) is 6.06. The average Bonchev–Trinajstić information content (AvgIpc) is 3.05. The molecule has 0 atom stereocenters. The monoisotopic (exact) mass is 294 g/mol. The first-order valence-corrected chi connectivity index (χ1v) is 7.90. The average molecular weight is 294 g/mol. The van der Waals surface area contributed by atoms with Crippen LogP contribution in [0.2, 0.25) is 0 Å². The van der Waals surface area contributed by atoms with E-state index in [4.69, 9.17) is 5.73 Å². The molecule has 1 heterocycles. The Bertz CT molecular complexity index is 698. The van der Waals surface area contributed by atoms with Crippen molar-refractivity contribution in [1.29, 1.82) is 0 Å². The Kier molecular flexibility index (Phi) is 4.60. The quantitative estimate of drug-likeness (QED) is 0.764. The molecule has 3 rings (SSSR count). The molecule has 0 saturated carbocycles. The summed E-state index contributed by atoms with van der Waals surface area (Å²) in [5.41, 5.74) is 11.7. The minimum Gasteiger partial charge on any atom is -0.399 e. The van der Waals surface area contributed by atoms with Crippen LogP contribution in [0, 0.1) is 5.41 Å². The summed E-state index contributed by atoms with van der Waals surface area (Å²) in [5.74, 6) is 0. The van der Waals surface area contributed by atoms with Gasteiger partial charge in [-0.2, -0.15) is 0 Å². The van der Waals surface area contributed by atoms with E-state index in [1.807, 2.05) is 26.0 Å². The van der Waals surface area contributed by atoms with Gasteiger partial charge in [-0.15, -0.1) is 0 Å². The molecule has 1 aromatic heterocycles. The van der Waals surface area contributed by atoms with Crippen molar-refractivity contribution in [2.75, 3.05) is 5.73 Å². The van der Waals surface area contributed by atoms with Crippen molar-refractivity contribution in [1.82, 2.24) is 4.57 Å². The number of nitrogens with zero attached hydrogens (tertiary/aromatic N) is 1. The zero-order valence-electron chi connectivity index (χ0n) is 14.2. The summed E-state index contributed by atoms with van der Waals surface area (Å²) in [5, 5.41) is 0. The zero-order chi connectivity index (χ0) is 16.3. The van der Waals surface area contributed by atoms with Crippen LogP contribution in [0.1, 0.15) is 39.0 Å². The van der Waals surface area contributed by atoms with Crippen LogP contribution >= 0.6 is 0 Å². The van der Waals surface area contributed by atoms with Gasteiger partial charge in [0.15, 0.2) is 0 Å². The minimum absolute atomic E-state index is 0.0797. The van der Waals surface area contributed by atoms with E-state index >= 15 is 0 Å². The van der Waals surface area contributed by atoms with Gasteiger partial charge in [0.05, 0.1) is 0 Å². The topological polar surface area (TPSA) is 30.9 Å². The Labute approximate surface area is 134 Å². The van der Waals surface area contributed by atoms with Crippen molar-refractivity contribution in [3.8, 4) is 0 Å². The number of aryl methyl sites for hydroxylation is 1. The maximum atomic E-state index is 5.79. The third-order valence-electron chi connectivity index (χ3n) is 3.76. The Balaban J connectivity index is 0.000000847. The van der Waals surface area contributed by atoms with Crippen LogP contribution in [0.4, 0.5) is 5.69 Å². The Morgan fingerprint density at radius 1 is 0.909 bits per heavy atom. The summed E-state index contributed by atoms with van der Waals surface area (Å²) in [7, 11) is 2.09. The maximum absolute atomic E-state index is 5.79. The van der Waals surface area contributed by atoms with E-state index in [1.54, 1.807) is 0 Å². The Morgan fingerprint density at radius 3 is 2.05 bits per heavy atom. The van der Waals surface area contributed by atoms with E-state index in [-0.39, 0.29) is 5.41 Å². The number of allylic oxidation sites excluding steroid dienone is 4. The lowest BCUT2D eigenvalue weighted by Gasteiger charge is -2.10. The van der Waals surface area contributed by atoms with Gasteiger partial charge in [0.25, 0.3) is 0 Å². The predicted octanol–water partition coefficient (Wildman–Crippen LogP) is 5.14. The fourth-order valence-corrected chi connectivity index (χ4v) is 2.80. The number of anilines is 1. The van der Waals surface area contributed by atoms with E-state index in [0.29, 0.717) is 0 Å². The molecule has 2 heteroatoms. The van der Waals surface area contributed by atoms with Crippen molar-refractivity contribution in [3.63, 3.8) is 0 Å². The van der Waals surface area contributed by atoms with Crippen LogP contribution in [0.5, 0.6) is 0 Å². The second kappa shape index (κ2) is 6.27. The lowest BCUT2D eigenvalue weighted by atomic mass is 9.95. The van der Waals surface area contributed by atoms with Crippen molar-refractivity contribution in [3.05, 3.63) is 66.0 Å². The molecule has 0 aliphatic heterocycles. The van der Waals surface area contributed by atoms with E-state index in [1.165, 1.54) is 22.4 Å². The number of nitrogen functional groups attached to an aromatic ring is 1. The van der Waals surface area contributed by atoms with Crippen LogP contribution in [0.3, 0.4) is 0 Å². The van der Waals surface area contributed by atoms with Gasteiger partial charge in [0.1, 0.15) is 0 Å². The van der Waals surface area contributed by atoms with Crippen LogP contribution in [-0.2, 0) is 7.05 Å². The van der Waals surface area contributed by atoms with E-state index in [0.717, 1.165) is 5.69 Å². The van der Waals surface area contributed by atoms with Crippen molar-refractivity contribution >= 4 is 16.8 Å². The molecule has 0 saturated heterocycles. The maximum Gasteiger partial charge on any atom is 0.0480 e. The summed E-state index contributed by atoms with van der Waals surface area (Å²) in [4.78, 5) is 0. The summed E-state index contributed by atoms with van der Waals surface area (Å²) in [6, 6.07) is 12.4. The molecule has 0 bridgehead atoms. The molecule has 22 heavy (non-hydrogen) atoms. The normalized spacial score (nSPS) is 15.7. The van der Waals surface area contributed by atoms with E-state index in [2.05, 4.69) is 68.1 Å². The smallest absolute Gasteiger partial charge is 0.0480 e. The van der Waals surface area contributed by atoms with E-state index < -0.39 is 0 Å². The Morgan fingerprint density at radius 2 is 1.50 bits per heavy atom. The molecule has 1 aliphatic rings. The summed E-state index contributed by atoms with van der Waals surface area (Å²) >= 11 is 0. The highest BCUT2D eigenvalue weighted by Gasteiger charge is 2.26.